The molecule has 0 atom stereocenters. The number of para-hydroxylation sites is 2. The number of aromatic nitrogens is 1. The number of carbonyl (C=O) groups excluding carboxylic acids is 1. The molecular weight excluding hydrogens is 364 g/mol. The predicted octanol–water partition coefficient (Wildman–Crippen LogP) is 4.22. The normalized spacial score (nSPS) is 13.8. The number of carbonyl (C=O) groups is 1. The van der Waals surface area contributed by atoms with Crippen LogP contribution in [0.1, 0.15) is 15.9 Å². The predicted molar refractivity (Wildman–Crippen MR) is 116 cm³/mol. The second-order valence-electron chi connectivity index (χ2n) is 7.03. The summed E-state index contributed by atoms with van der Waals surface area (Å²) in [6.45, 7) is 5.05. The number of pyridine rings is 1. The van der Waals surface area contributed by atoms with E-state index in [4.69, 9.17) is 4.74 Å². The molecule has 148 valence electrons. The van der Waals surface area contributed by atoms with Crippen LogP contribution in [0.25, 0.3) is 0 Å². The first-order valence-corrected chi connectivity index (χ1v) is 9.71. The first-order valence-electron chi connectivity index (χ1n) is 9.71. The van der Waals surface area contributed by atoms with Crippen molar-refractivity contribution >= 4 is 28.7 Å². The number of rotatable bonds is 5. The van der Waals surface area contributed by atoms with E-state index in [1.807, 2.05) is 61.5 Å². The minimum Gasteiger partial charge on any atom is -0.378 e. The van der Waals surface area contributed by atoms with Crippen molar-refractivity contribution in [2.24, 2.45) is 0 Å². The van der Waals surface area contributed by atoms with Crippen LogP contribution in [-0.4, -0.2) is 37.2 Å². The average Bonchev–Trinajstić information content (AvgIpc) is 2.75. The standard InChI is InChI=1S/C23H24N4O2/c1-17-5-4-6-19(13-17)25-20-14-18(15-24-16-20)23(28)26-21-7-2-3-8-22(21)27-9-11-29-12-10-27/h2-8,13-16,25H,9-12H2,1H3,(H,26,28). The van der Waals surface area contributed by atoms with Gasteiger partial charge in [-0.25, -0.2) is 0 Å². The lowest BCUT2D eigenvalue weighted by atomic mass is 10.2. The van der Waals surface area contributed by atoms with Gasteiger partial charge in [0.25, 0.3) is 5.91 Å². The number of anilines is 4. The topological polar surface area (TPSA) is 66.5 Å². The van der Waals surface area contributed by atoms with Crippen molar-refractivity contribution in [3.05, 3.63) is 78.1 Å². The smallest absolute Gasteiger partial charge is 0.257 e. The van der Waals surface area contributed by atoms with Crippen LogP contribution in [-0.2, 0) is 4.74 Å². The lowest BCUT2D eigenvalue weighted by Crippen LogP contribution is -2.36. The summed E-state index contributed by atoms with van der Waals surface area (Å²) in [5.74, 6) is -0.189. The number of nitrogens with zero attached hydrogens (tertiary/aromatic N) is 2. The molecule has 0 aliphatic carbocycles. The maximum Gasteiger partial charge on any atom is 0.257 e. The fourth-order valence-corrected chi connectivity index (χ4v) is 3.38. The highest BCUT2D eigenvalue weighted by atomic mass is 16.5. The number of hydrogen-bond acceptors (Lipinski definition) is 5. The Morgan fingerprint density at radius 3 is 2.66 bits per heavy atom. The minimum absolute atomic E-state index is 0.189. The summed E-state index contributed by atoms with van der Waals surface area (Å²) >= 11 is 0. The van der Waals surface area contributed by atoms with E-state index in [2.05, 4.69) is 20.5 Å². The molecule has 0 spiro atoms. The van der Waals surface area contributed by atoms with Gasteiger partial charge in [-0.15, -0.1) is 0 Å². The van der Waals surface area contributed by atoms with E-state index in [0.29, 0.717) is 18.8 Å². The first kappa shape index (κ1) is 19.0. The van der Waals surface area contributed by atoms with Crippen molar-refractivity contribution in [3.63, 3.8) is 0 Å². The lowest BCUT2D eigenvalue weighted by Gasteiger charge is -2.30. The van der Waals surface area contributed by atoms with Crippen LogP contribution in [0.3, 0.4) is 0 Å². The second kappa shape index (κ2) is 8.75. The van der Waals surface area contributed by atoms with E-state index in [1.165, 1.54) is 0 Å². The Labute approximate surface area is 170 Å². The van der Waals surface area contributed by atoms with Gasteiger partial charge in [0.2, 0.25) is 0 Å². The van der Waals surface area contributed by atoms with Gasteiger partial charge in [-0.3, -0.25) is 9.78 Å². The summed E-state index contributed by atoms with van der Waals surface area (Å²) < 4.78 is 5.44. The summed E-state index contributed by atoms with van der Waals surface area (Å²) in [6.07, 6.45) is 3.29. The third-order valence-electron chi connectivity index (χ3n) is 4.81. The molecule has 1 fully saturated rings. The van der Waals surface area contributed by atoms with Crippen LogP contribution in [0.4, 0.5) is 22.7 Å². The van der Waals surface area contributed by atoms with Gasteiger partial charge >= 0.3 is 0 Å². The Balaban J connectivity index is 1.51. The summed E-state index contributed by atoms with van der Waals surface area (Å²) in [6, 6.07) is 17.7. The molecule has 4 rings (SSSR count). The largest absolute Gasteiger partial charge is 0.378 e. The summed E-state index contributed by atoms with van der Waals surface area (Å²) in [5.41, 5.74) is 5.19. The van der Waals surface area contributed by atoms with E-state index in [9.17, 15) is 4.79 Å². The van der Waals surface area contributed by atoms with E-state index in [1.54, 1.807) is 12.4 Å². The van der Waals surface area contributed by atoms with Crippen molar-refractivity contribution < 1.29 is 9.53 Å². The number of hydrogen-bond donors (Lipinski definition) is 2. The Morgan fingerprint density at radius 2 is 1.83 bits per heavy atom. The van der Waals surface area contributed by atoms with E-state index >= 15 is 0 Å². The van der Waals surface area contributed by atoms with Crippen molar-refractivity contribution in [2.45, 2.75) is 6.92 Å². The van der Waals surface area contributed by atoms with Gasteiger partial charge < -0.3 is 20.3 Å². The van der Waals surface area contributed by atoms with Crippen LogP contribution < -0.4 is 15.5 Å². The lowest BCUT2D eigenvalue weighted by molar-refractivity contribution is 0.102. The van der Waals surface area contributed by atoms with Gasteiger partial charge in [0.1, 0.15) is 0 Å². The molecule has 1 aliphatic rings. The Bertz CT molecular complexity index is 999. The SMILES string of the molecule is Cc1cccc(Nc2cncc(C(=O)Nc3ccccc3N3CCOCC3)c2)c1. The molecular formula is C23H24N4O2. The zero-order valence-corrected chi connectivity index (χ0v) is 16.4. The zero-order chi connectivity index (χ0) is 20.1. The first-order chi connectivity index (χ1) is 14.2. The number of morpholine rings is 1. The monoisotopic (exact) mass is 388 g/mol. The molecule has 1 saturated heterocycles. The molecule has 2 N–H and O–H groups in total. The van der Waals surface area contributed by atoms with E-state index < -0.39 is 0 Å². The fraction of sp³-hybridized carbons (Fsp3) is 0.217. The minimum atomic E-state index is -0.189. The summed E-state index contributed by atoms with van der Waals surface area (Å²) in [4.78, 5) is 19.3. The molecule has 3 aromatic rings. The van der Waals surface area contributed by atoms with Gasteiger partial charge in [0.05, 0.1) is 42.0 Å². The van der Waals surface area contributed by atoms with Crippen molar-refractivity contribution in [2.75, 3.05) is 41.8 Å². The Kier molecular flexibility index (Phi) is 5.72. The van der Waals surface area contributed by atoms with Crippen LogP contribution in [0.2, 0.25) is 0 Å². The molecule has 2 aromatic carbocycles. The van der Waals surface area contributed by atoms with Crippen LogP contribution in [0.15, 0.2) is 67.0 Å². The molecule has 0 unspecified atom stereocenters. The van der Waals surface area contributed by atoms with Gasteiger partial charge in [0, 0.05) is 25.0 Å². The molecule has 6 nitrogen and oxygen atoms in total. The third-order valence-corrected chi connectivity index (χ3v) is 4.81. The third kappa shape index (κ3) is 4.73. The van der Waals surface area contributed by atoms with Gasteiger partial charge in [-0.2, -0.15) is 0 Å². The highest BCUT2D eigenvalue weighted by molar-refractivity contribution is 6.06. The number of ether oxygens (including phenoxy) is 1. The summed E-state index contributed by atoms with van der Waals surface area (Å²) in [7, 11) is 0. The van der Waals surface area contributed by atoms with Crippen LogP contribution >= 0.6 is 0 Å². The molecule has 0 radical (unpaired) electrons. The fourth-order valence-electron chi connectivity index (χ4n) is 3.38. The molecule has 2 heterocycles. The van der Waals surface area contributed by atoms with Gasteiger partial charge in [0.15, 0.2) is 0 Å². The van der Waals surface area contributed by atoms with Crippen LogP contribution in [0.5, 0.6) is 0 Å². The maximum atomic E-state index is 12.9. The molecule has 0 bridgehead atoms. The number of amides is 1. The highest BCUT2D eigenvalue weighted by Gasteiger charge is 2.16. The van der Waals surface area contributed by atoms with Crippen molar-refractivity contribution in [1.82, 2.24) is 4.98 Å². The van der Waals surface area contributed by atoms with Crippen LogP contribution in [0, 0.1) is 6.92 Å². The second-order valence-corrected chi connectivity index (χ2v) is 7.03. The van der Waals surface area contributed by atoms with Gasteiger partial charge in [-0.05, 0) is 42.8 Å². The van der Waals surface area contributed by atoms with Gasteiger partial charge in [-0.1, -0.05) is 24.3 Å². The zero-order valence-electron chi connectivity index (χ0n) is 16.4. The molecule has 1 aliphatic heterocycles. The molecule has 6 heteroatoms. The maximum absolute atomic E-state index is 12.9. The quantitative estimate of drug-likeness (QED) is 0.685. The molecule has 29 heavy (non-hydrogen) atoms. The van der Waals surface area contributed by atoms with E-state index in [0.717, 1.165) is 41.4 Å². The molecule has 0 saturated carbocycles. The Hall–Kier alpha value is -3.38. The Morgan fingerprint density at radius 1 is 1.00 bits per heavy atom. The van der Waals surface area contributed by atoms with Crippen molar-refractivity contribution in [1.29, 1.82) is 0 Å². The molecule has 1 aromatic heterocycles. The number of aryl methyl sites for hydroxylation is 1. The highest BCUT2D eigenvalue weighted by Crippen LogP contribution is 2.27. The number of nitrogens with one attached hydrogen (secondary N) is 2. The molecule has 1 amide bonds. The average molecular weight is 388 g/mol. The van der Waals surface area contributed by atoms with E-state index in [-0.39, 0.29) is 5.91 Å². The van der Waals surface area contributed by atoms with Crippen molar-refractivity contribution in [3.8, 4) is 0 Å². The summed E-state index contributed by atoms with van der Waals surface area (Å²) in [5, 5.41) is 6.34. The number of benzene rings is 2.